The number of carboxylic acid groups (broad SMARTS) is 2. The predicted octanol–water partition coefficient (Wildman–Crippen LogP) is 4.02. The Morgan fingerprint density at radius 1 is 0.600 bits per heavy atom. The SMILES string of the molecule is O=C([O-])c1ccc(Cl)c(Cl)c1Cl.O=C([O-])c1ccc(Cl)c(Cl)c1Cl.[Zn+2]. The second-order valence-electron chi connectivity index (χ2n) is 4.02. The molecule has 0 aliphatic rings. The maximum atomic E-state index is 10.4. The summed E-state index contributed by atoms with van der Waals surface area (Å²) in [4.78, 5) is 20.8. The number of halogens is 6. The summed E-state index contributed by atoms with van der Waals surface area (Å²) in [6.07, 6.45) is 0. The van der Waals surface area contributed by atoms with E-state index in [1.54, 1.807) is 0 Å². The zero-order valence-corrected chi connectivity index (χ0v) is 19.4. The minimum absolute atomic E-state index is 0. The van der Waals surface area contributed by atoms with Gasteiger partial charge < -0.3 is 19.8 Å². The average molecular weight is 514 g/mol. The molecule has 0 N–H and O–H groups in total. The molecule has 0 aliphatic carbocycles. The van der Waals surface area contributed by atoms with Crippen LogP contribution in [-0.4, -0.2) is 11.9 Å². The predicted molar refractivity (Wildman–Crippen MR) is 91.6 cm³/mol. The molecule has 0 amide bonds. The van der Waals surface area contributed by atoms with Gasteiger partial charge >= 0.3 is 19.5 Å². The van der Waals surface area contributed by atoms with Crippen LogP contribution in [0.4, 0.5) is 0 Å². The van der Waals surface area contributed by atoms with Gasteiger partial charge in [-0.2, -0.15) is 0 Å². The zero-order valence-electron chi connectivity index (χ0n) is 11.9. The van der Waals surface area contributed by atoms with Crippen LogP contribution in [0.2, 0.25) is 30.1 Å². The fraction of sp³-hybridized carbons (Fsp3) is 0. The first-order valence-electron chi connectivity index (χ1n) is 5.77. The molecule has 4 nitrogen and oxygen atoms in total. The van der Waals surface area contributed by atoms with Gasteiger partial charge in [-0.3, -0.25) is 0 Å². The first kappa shape index (κ1) is 24.7. The summed E-state index contributed by atoms with van der Waals surface area (Å²) in [6.45, 7) is 0. The van der Waals surface area contributed by atoms with E-state index in [2.05, 4.69) is 0 Å². The van der Waals surface area contributed by atoms with E-state index in [-0.39, 0.29) is 60.7 Å². The van der Waals surface area contributed by atoms with Crippen LogP contribution in [0.3, 0.4) is 0 Å². The largest absolute Gasteiger partial charge is 2.00 e. The van der Waals surface area contributed by atoms with E-state index in [0.29, 0.717) is 0 Å². The summed E-state index contributed by atoms with van der Waals surface area (Å²) in [5, 5.41) is 21.1. The summed E-state index contributed by atoms with van der Waals surface area (Å²) in [6, 6.07) is 5.18. The summed E-state index contributed by atoms with van der Waals surface area (Å²) in [7, 11) is 0. The molecule has 0 saturated heterocycles. The van der Waals surface area contributed by atoms with Gasteiger partial charge in [-0.25, -0.2) is 0 Å². The van der Waals surface area contributed by atoms with Crippen LogP contribution in [-0.2, 0) is 19.5 Å². The molecule has 0 spiro atoms. The van der Waals surface area contributed by atoms with E-state index in [9.17, 15) is 19.8 Å². The summed E-state index contributed by atoms with van der Waals surface area (Å²) >= 11 is 33.4. The zero-order chi connectivity index (χ0) is 18.6. The monoisotopic (exact) mass is 510 g/mol. The average Bonchev–Trinajstić information content (AvgIpc) is 2.50. The molecule has 0 unspecified atom stereocenters. The Morgan fingerprint density at radius 3 is 1.12 bits per heavy atom. The van der Waals surface area contributed by atoms with Crippen molar-refractivity contribution in [3.63, 3.8) is 0 Å². The molecule has 0 saturated carbocycles. The molecule has 0 fully saturated rings. The van der Waals surface area contributed by atoms with E-state index < -0.39 is 11.9 Å². The Bertz CT molecular complexity index is 745. The Kier molecular flexibility index (Phi) is 10.7. The van der Waals surface area contributed by atoms with Crippen LogP contribution >= 0.6 is 69.6 Å². The molecule has 0 aliphatic heterocycles. The molecular formula is C14H4Cl6O4Zn. The maximum absolute atomic E-state index is 10.4. The normalized spacial score (nSPS) is 9.52. The van der Waals surface area contributed by atoms with Crippen LogP contribution in [0.1, 0.15) is 20.7 Å². The van der Waals surface area contributed by atoms with Crippen molar-refractivity contribution in [1.29, 1.82) is 0 Å². The second-order valence-corrected chi connectivity index (χ2v) is 6.35. The number of carbonyl (C=O) groups excluding carboxylic acids is 2. The van der Waals surface area contributed by atoms with E-state index in [1.807, 2.05) is 0 Å². The van der Waals surface area contributed by atoms with Crippen molar-refractivity contribution < 1.29 is 39.3 Å². The van der Waals surface area contributed by atoms with Crippen LogP contribution in [0.5, 0.6) is 0 Å². The van der Waals surface area contributed by atoms with Gasteiger partial charge in [0.1, 0.15) is 0 Å². The first-order chi connectivity index (χ1) is 11.1. The van der Waals surface area contributed by atoms with Crippen molar-refractivity contribution >= 4 is 81.5 Å². The van der Waals surface area contributed by atoms with Gasteiger partial charge in [-0.05, 0) is 12.1 Å². The Morgan fingerprint density at radius 2 is 0.880 bits per heavy atom. The van der Waals surface area contributed by atoms with Crippen molar-refractivity contribution in [3.8, 4) is 0 Å². The smallest absolute Gasteiger partial charge is 0.545 e. The number of carboxylic acids is 2. The topological polar surface area (TPSA) is 80.3 Å². The van der Waals surface area contributed by atoms with E-state index in [1.165, 1.54) is 24.3 Å². The number of carbonyl (C=O) groups is 2. The molecule has 0 radical (unpaired) electrons. The fourth-order valence-electron chi connectivity index (χ4n) is 1.37. The minimum atomic E-state index is -1.38. The van der Waals surface area contributed by atoms with Crippen molar-refractivity contribution in [3.05, 3.63) is 65.5 Å². The van der Waals surface area contributed by atoms with Gasteiger partial charge in [0.15, 0.2) is 0 Å². The third-order valence-corrected chi connectivity index (χ3v) is 5.10. The maximum Gasteiger partial charge on any atom is 2.00 e. The van der Waals surface area contributed by atoms with Crippen molar-refractivity contribution in [1.82, 2.24) is 0 Å². The van der Waals surface area contributed by atoms with E-state index in [4.69, 9.17) is 69.6 Å². The molecule has 0 bridgehead atoms. The second kappa shape index (κ2) is 10.8. The molecule has 0 atom stereocenters. The Hall–Kier alpha value is -0.257. The van der Waals surface area contributed by atoms with Gasteiger partial charge in [0.05, 0.1) is 42.1 Å². The molecule has 11 heteroatoms. The number of hydrogen-bond donors (Lipinski definition) is 0. The molecule has 128 valence electrons. The summed E-state index contributed by atoms with van der Waals surface area (Å²) in [5.41, 5.74) is -0.322. The first-order valence-corrected chi connectivity index (χ1v) is 8.04. The molecule has 2 aromatic carbocycles. The van der Waals surface area contributed by atoms with Gasteiger partial charge in [0.25, 0.3) is 0 Å². The Labute approximate surface area is 185 Å². The molecule has 2 rings (SSSR count). The van der Waals surface area contributed by atoms with Crippen molar-refractivity contribution in [2.24, 2.45) is 0 Å². The molecule has 0 aromatic heterocycles. The number of rotatable bonds is 2. The van der Waals surface area contributed by atoms with Gasteiger partial charge in [0.2, 0.25) is 0 Å². The van der Waals surface area contributed by atoms with Gasteiger partial charge in [-0.15, -0.1) is 0 Å². The summed E-state index contributed by atoms with van der Waals surface area (Å²) < 4.78 is 0. The number of aromatic carboxylic acids is 2. The third kappa shape index (κ3) is 6.44. The molecule has 2 aromatic rings. The standard InChI is InChI=1S/2C7H3Cl3O2.Zn/c2*8-4-2-1-3(7(11)12)5(9)6(4)10;/h2*1-2H,(H,11,12);/q;;+2/p-2. The van der Waals surface area contributed by atoms with Gasteiger partial charge in [-0.1, -0.05) is 81.7 Å². The molecule has 0 heterocycles. The third-order valence-electron chi connectivity index (χ3n) is 2.51. The van der Waals surface area contributed by atoms with Gasteiger partial charge in [0, 0.05) is 11.1 Å². The molecule has 25 heavy (non-hydrogen) atoms. The van der Waals surface area contributed by atoms with E-state index >= 15 is 0 Å². The summed E-state index contributed by atoms with van der Waals surface area (Å²) in [5.74, 6) is -2.75. The van der Waals surface area contributed by atoms with Crippen LogP contribution in [0, 0.1) is 0 Å². The molecular weight excluding hydrogens is 510 g/mol. The van der Waals surface area contributed by atoms with Crippen molar-refractivity contribution in [2.45, 2.75) is 0 Å². The van der Waals surface area contributed by atoms with Crippen LogP contribution in [0.15, 0.2) is 24.3 Å². The van der Waals surface area contributed by atoms with Crippen molar-refractivity contribution in [2.75, 3.05) is 0 Å². The quantitative estimate of drug-likeness (QED) is 0.448. The van der Waals surface area contributed by atoms with Crippen LogP contribution in [0.25, 0.3) is 0 Å². The minimum Gasteiger partial charge on any atom is -0.545 e. The van der Waals surface area contributed by atoms with E-state index in [0.717, 1.165) is 0 Å². The number of hydrogen-bond acceptors (Lipinski definition) is 4. The Balaban J connectivity index is 0.000000443. The fourth-order valence-corrected chi connectivity index (χ4v) is 2.59. The number of benzene rings is 2. The van der Waals surface area contributed by atoms with Crippen LogP contribution < -0.4 is 10.2 Å².